The van der Waals surface area contributed by atoms with Crippen molar-refractivity contribution in [3.05, 3.63) is 34.6 Å². The third kappa shape index (κ3) is 3.43. The number of rotatable bonds is 4. The topological polar surface area (TPSA) is 46.6 Å². The van der Waals surface area contributed by atoms with Gasteiger partial charge in [0.25, 0.3) is 5.91 Å². The third-order valence-electron chi connectivity index (χ3n) is 2.20. The number of benzene rings is 1. The quantitative estimate of drug-likeness (QED) is 0.790. The van der Waals surface area contributed by atoms with Crippen LogP contribution in [0, 0.1) is 5.82 Å². The molecule has 6 heteroatoms. The standard InChI is InChI=1S/C12H13ClFNO3/c1-3-18-10(16)7-15(2)12(17)8-5-4-6-9(13)11(8)14/h4-6H,3,7H2,1-2H3. The zero-order valence-electron chi connectivity index (χ0n) is 10.1. The molecule has 0 aliphatic rings. The van der Waals surface area contributed by atoms with E-state index in [9.17, 15) is 14.0 Å². The van der Waals surface area contributed by atoms with Gasteiger partial charge in [-0.1, -0.05) is 17.7 Å². The number of carbonyl (C=O) groups is 2. The number of carbonyl (C=O) groups excluding carboxylic acids is 2. The Hall–Kier alpha value is -1.62. The lowest BCUT2D eigenvalue weighted by Gasteiger charge is -2.16. The van der Waals surface area contributed by atoms with E-state index in [2.05, 4.69) is 0 Å². The maximum atomic E-state index is 13.6. The highest BCUT2D eigenvalue weighted by molar-refractivity contribution is 6.31. The van der Waals surface area contributed by atoms with Gasteiger partial charge >= 0.3 is 5.97 Å². The molecule has 0 radical (unpaired) electrons. The second-order valence-electron chi connectivity index (χ2n) is 3.57. The number of esters is 1. The van der Waals surface area contributed by atoms with Crippen LogP contribution < -0.4 is 0 Å². The van der Waals surface area contributed by atoms with E-state index in [1.54, 1.807) is 6.92 Å². The summed E-state index contributed by atoms with van der Waals surface area (Å²) in [6.07, 6.45) is 0. The monoisotopic (exact) mass is 273 g/mol. The average molecular weight is 274 g/mol. The van der Waals surface area contributed by atoms with Crippen LogP contribution in [0.25, 0.3) is 0 Å². The molecule has 0 N–H and O–H groups in total. The van der Waals surface area contributed by atoms with E-state index in [-0.39, 0.29) is 23.7 Å². The molecule has 0 saturated carbocycles. The van der Waals surface area contributed by atoms with Crippen LogP contribution in [-0.4, -0.2) is 37.0 Å². The van der Waals surface area contributed by atoms with Crippen molar-refractivity contribution in [2.75, 3.05) is 20.2 Å². The highest BCUT2D eigenvalue weighted by atomic mass is 35.5. The Balaban J connectivity index is 2.81. The fourth-order valence-electron chi connectivity index (χ4n) is 1.35. The lowest BCUT2D eigenvalue weighted by atomic mass is 10.2. The normalized spacial score (nSPS) is 10.0. The van der Waals surface area contributed by atoms with E-state index in [0.717, 1.165) is 4.90 Å². The molecule has 0 bridgehead atoms. The smallest absolute Gasteiger partial charge is 0.325 e. The van der Waals surface area contributed by atoms with Crippen LogP contribution in [0.5, 0.6) is 0 Å². The second-order valence-corrected chi connectivity index (χ2v) is 3.97. The minimum Gasteiger partial charge on any atom is -0.465 e. The summed E-state index contributed by atoms with van der Waals surface area (Å²) in [4.78, 5) is 24.2. The van der Waals surface area contributed by atoms with Crippen molar-refractivity contribution in [2.45, 2.75) is 6.92 Å². The predicted octanol–water partition coefficient (Wildman–Crippen LogP) is 2.11. The van der Waals surface area contributed by atoms with Gasteiger partial charge in [-0.3, -0.25) is 9.59 Å². The molecular weight excluding hydrogens is 261 g/mol. The lowest BCUT2D eigenvalue weighted by Crippen LogP contribution is -2.33. The van der Waals surface area contributed by atoms with Crippen molar-refractivity contribution in [2.24, 2.45) is 0 Å². The molecule has 0 aliphatic carbocycles. The van der Waals surface area contributed by atoms with Gasteiger partial charge in [-0.05, 0) is 19.1 Å². The molecule has 0 aliphatic heterocycles. The number of amides is 1. The van der Waals surface area contributed by atoms with E-state index in [1.807, 2.05) is 0 Å². The molecule has 1 aromatic carbocycles. The van der Waals surface area contributed by atoms with Gasteiger partial charge in [-0.25, -0.2) is 4.39 Å². The van der Waals surface area contributed by atoms with Crippen molar-refractivity contribution in [3.8, 4) is 0 Å². The molecule has 0 spiro atoms. The summed E-state index contributed by atoms with van der Waals surface area (Å²) < 4.78 is 18.3. The van der Waals surface area contributed by atoms with Gasteiger partial charge in [0.15, 0.2) is 5.82 Å². The molecule has 98 valence electrons. The fourth-order valence-corrected chi connectivity index (χ4v) is 1.52. The van der Waals surface area contributed by atoms with E-state index >= 15 is 0 Å². The van der Waals surface area contributed by atoms with Crippen molar-refractivity contribution >= 4 is 23.5 Å². The summed E-state index contributed by atoms with van der Waals surface area (Å²) in [5.74, 6) is -1.96. The fraction of sp³-hybridized carbons (Fsp3) is 0.333. The molecule has 4 nitrogen and oxygen atoms in total. The van der Waals surface area contributed by atoms with Gasteiger partial charge in [0.2, 0.25) is 0 Å². The van der Waals surface area contributed by atoms with Crippen LogP contribution in [-0.2, 0) is 9.53 Å². The Morgan fingerprint density at radius 2 is 2.11 bits per heavy atom. The van der Waals surface area contributed by atoms with Gasteiger partial charge < -0.3 is 9.64 Å². The van der Waals surface area contributed by atoms with Crippen molar-refractivity contribution in [3.63, 3.8) is 0 Å². The number of halogens is 2. The SMILES string of the molecule is CCOC(=O)CN(C)C(=O)c1cccc(Cl)c1F. The molecule has 0 fully saturated rings. The minimum absolute atomic E-state index is 0.134. The largest absolute Gasteiger partial charge is 0.465 e. The Morgan fingerprint density at radius 3 is 2.72 bits per heavy atom. The average Bonchev–Trinajstić information content (AvgIpc) is 2.32. The van der Waals surface area contributed by atoms with Crippen LogP contribution >= 0.6 is 11.6 Å². The zero-order valence-corrected chi connectivity index (χ0v) is 10.8. The first kappa shape index (κ1) is 14.4. The first-order valence-electron chi connectivity index (χ1n) is 5.32. The summed E-state index contributed by atoms with van der Waals surface area (Å²) in [5, 5.41) is -0.134. The molecule has 1 aromatic rings. The van der Waals surface area contributed by atoms with Crippen LogP contribution in [0.3, 0.4) is 0 Å². The Morgan fingerprint density at radius 1 is 1.44 bits per heavy atom. The number of hydrogen-bond donors (Lipinski definition) is 0. The van der Waals surface area contributed by atoms with Gasteiger partial charge in [-0.2, -0.15) is 0 Å². The van der Waals surface area contributed by atoms with Gasteiger partial charge in [-0.15, -0.1) is 0 Å². The lowest BCUT2D eigenvalue weighted by molar-refractivity contribution is -0.143. The highest BCUT2D eigenvalue weighted by Crippen LogP contribution is 2.18. The number of ether oxygens (including phenoxy) is 1. The first-order chi connectivity index (χ1) is 8.47. The van der Waals surface area contributed by atoms with Crippen LogP contribution in [0.15, 0.2) is 18.2 Å². The third-order valence-corrected chi connectivity index (χ3v) is 2.49. The molecule has 18 heavy (non-hydrogen) atoms. The number of hydrogen-bond acceptors (Lipinski definition) is 3. The van der Waals surface area contributed by atoms with Crippen molar-refractivity contribution < 1.29 is 18.7 Å². The van der Waals surface area contributed by atoms with E-state index in [0.29, 0.717) is 0 Å². The molecular formula is C12H13ClFNO3. The Kier molecular flexibility index (Phi) is 5.09. The highest BCUT2D eigenvalue weighted by Gasteiger charge is 2.19. The van der Waals surface area contributed by atoms with Crippen LogP contribution in [0.4, 0.5) is 4.39 Å². The zero-order chi connectivity index (χ0) is 13.7. The molecule has 1 amide bonds. The minimum atomic E-state index is -0.792. The van der Waals surface area contributed by atoms with E-state index in [4.69, 9.17) is 16.3 Å². The van der Waals surface area contributed by atoms with Gasteiger partial charge in [0, 0.05) is 7.05 Å². The maximum absolute atomic E-state index is 13.6. The maximum Gasteiger partial charge on any atom is 0.325 e. The molecule has 0 unspecified atom stereocenters. The first-order valence-corrected chi connectivity index (χ1v) is 5.70. The molecule has 0 heterocycles. The van der Waals surface area contributed by atoms with Gasteiger partial charge in [0.1, 0.15) is 6.54 Å². The van der Waals surface area contributed by atoms with Crippen LogP contribution in [0.1, 0.15) is 17.3 Å². The Bertz CT molecular complexity index is 465. The summed E-state index contributed by atoms with van der Waals surface area (Å²) >= 11 is 5.58. The van der Waals surface area contributed by atoms with Crippen molar-refractivity contribution in [1.82, 2.24) is 4.90 Å². The summed E-state index contributed by atoms with van der Waals surface area (Å²) in [5.41, 5.74) is -0.172. The molecule has 0 aromatic heterocycles. The molecule has 0 atom stereocenters. The predicted molar refractivity (Wildman–Crippen MR) is 65.0 cm³/mol. The summed E-state index contributed by atoms with van der Waals surface area (Å²) in [6, 6.07) is 4.13. The van der Waals surface area contributed by atoms with Crippen LogP contribution in [0.2, 0.25) is 5.02 Å². The second kappa shape index (κ2) is 6.35. The summed E-state index contributed by atoms with van der Waals surface area (Å²) in [7, 11) is 1.39. The molecule has 0 saturated heterocycles. The van der Waals surface area contributed by atoms with Gasteiger partial charge in [0.05, 0.1) is 17.2 Å². The van der Waals surface area contributed by atoms with E-state index in [1.165, 1.54) is 25.2 Å². The summed E-state index contributed by atoms with van der Waals surface area (Å²) in [6.45, 7) is 1.65. The Labute approximate surface area is 109 Å². The van der Waals surface area contributed by atoms with E-state index < -0.39 is 17.7 Å². The molecule has 1 rings (SSSR count). The number of likely N-dealkylation sites (N-methyl/N-ethyl adjacent to an activating group) is 1. The van der Waals surface area contributed by atoms with Crippen molar-refractivity contribution in [1.29, 1.82) is 0 Å². The number of nitrogens with zero attached hydrogens (tertiary/aromatic N) is 1.